The normalized spacial score (nSPS) is 13.0. The fraction of sp³-hybridized carbons (Fsp3) is 0.300. The quantitative estimate of drug-likeness (QED) is 0.777. The molecule has 0 spiro atoms. The van der Waals surface area contributed by atoms with Gasteiger partial charge in [-0.05, 0) is 36.8 Å². The summed E-state index contributed by atoms with van der Waals surface area (Å²) in [6, 6.07) is 10.3. The number of carbonyl (C=O) groups excluding carboxylic acids is 3. The number of pyridine rings is 1. The van der Waals surface area contributed by atoms with Crippen LogP contribution in [-0.4, -0.2) is 40.7 Å². The van der Waals surface area contributed by atoms with Crippen LogP contribution in [0, 0.1) is 0 Å². The average Bonchev–Trinajstić information content (AvgIpc) is 2.91. The Hall–Kier alpha value is -3.02. The van der Waals surface area contributed by atoms with Gasteiger partial charge in [0.05, 0.1) is 11.1 Å². The van der Waals surface area contributed by atoms with Crippen molar-refractivity contribution in [1.29, 1.82) is 0 Å². The molecule has 3 amide bonds. The largest absolute Gasteiger partial charge is 0.352 e. The minimum atomic E-state index is -0.318. The zero-order valence-corrected chi connectivity index (χ0v) is 14.7. The van der Waals surface area contributed by atoms with Crippen molar-refractivity contribution in [3.05, 3.63) is 65.0 Å². The molecule has 0 fully saturated rings. The fourth-order valence-electron chi connectivity index (χ4n) is 2.90. The van der Waals surface area contributed by atoms with Crippen molar-refractivity contribution in [2.75, 3.05) is 13.1 Å². The second kappa shape index (κ2) is 7.91. The zero-order valence-electron chi connectivity index (χ0n) is 14.7. The second-order valence-electron chi connectivity index (χ2n) is 6.20. The van der Waals surface area contributed by atoms with Gasteiger partial charge in [-0.2, -0.15) is 0 Å². The summed E-state index contributed by atoms with van der Waals surface area (Å²) in [6.45, 7) is 2.86. The van der Waals surface area contributed by atoms with Gasteiger partial charge in [0.25, 0.3) is 17.7 Å². The third-order valence-corrected chi connectivity index (χ3v) is 4.36. The second-order valence-corrected chi connectivity index (χ2v) is 6.20. The summed E-state index contributed by atoms with van der Waals surface area (Å²) in [7, 11) is 0. The molecule has 6 heteroatoms. The lowest BCUT2D eigenvalue weighted by atomic mass is 10.1. The van der Waals surface area contributed by atoms with Crippen LogP contribution in [-0.2, 0) is 6.42 Å². The molecule has 3 rings (SSSR count). The molecule has 0 saturated carbocycles. The molecule has 0 atom stereocenters. The molecule has 0 bridgehead atoms. The maximum Gasteiger partial charge on any atom is 0.261 e. The van der Waals surface area contributed by atoms with Crippen LogP contribution in [0.1, 0.15) is 56.5 Å². The van der Waals surface area contributed by atoms with Crippen LogP contribution >= 0.6 is 0 Å². The minimum absolute atomic E-state index is 0.268. The van der Waals surface area contributed by atoms with E-state index in [2.05, 4.69) is 10.3 Å². The Kier molecular flexibility index (Phi) is 5.41. The summed E-state index contributed by atoms with van der Waals surface area (Å²) in [5.41, 5.74) is 1.96. The first-order chi connectivity index (χ1) is 12.6. The van der Waals surface area contributed by atoms with Crippen LogP contribution in [0.25, 0.3) is 0 Å². The molecule has 1 aliphatic rings. The van der Waals surface area contributed by atoms with Crippen molar-refractivity contribution in [2.45, 2.75) is 26.2 Å². The van der Waals surface area contributed by atoms with Gasteiger partial charge in [0.15, 0.2) is 0 Å². The number of rotatable bonds is 7. The van der Waals surface area contributed by atoms with E-state index in [9.17, 15) is 14.4 Å². The minimum Gasteiger partial charge on any atom is -0.352 e. The molecule has 1 aromatic carbocycles. The smallest absolute Gasteiger partial charge is 0.261 e. The highest BCUT2D eigenvalue weighted by atomic mass is 16.2. The monoisotopic (exact) mass is 351 g/mol. The fourth-order valence-corrected chi connectivity index (χ4v) is 2.90. The Morgan fingerprint density at radius 2 is 1.92 bits per heavy atom. The van der Waals surface area contributed by atoms with Crippen LogP contribution in [0.15, 0.2) is 42.6 Å². The number of fused-ring (bicyclic) bond motifs is 1. The van der Waals surface area contributed by atoms with Crippen LogP contribution in [0.5, 0.6) is 0 Å². The molecule has 0 unspecified atom stereocenters. The number of unbranched alkanes of at least 4 members (excludes halogenated alkanes) is 1. The van der Waals surface area contributed by atoms with Gasteiger partial charge in [-0.15, -0.1) is 0 Å². The van der Waals surface area contributed by atoms with Gasteiger partial charge in [0, 0.05) is 37.0 Å². The number of nitrogens with zero attached hydrogens (tertiary/aromatic N) is 2. The SMILES string of the molecule is CCCCN1C(=O)c2ccc(C(=O)NCCc3ccccn3)cc2C1=O. The lowest BCUT2D eigenvalue weighted by Gasteiger charge is -2.12. The van der Waals surface area contributed by atoms with Crippen molar-refractivity contribution in [1.82, 2.24) is 15.2 Å². The molecule has 0 aliphatic carbocycles. The van der Waals surface area contributed by atoms with Gasteiger partial charge in [0.1, 0.15) is 0 Å². The summed E-state index contributed by atoms with van der Waals surface area (Å²) >= 11 is 0. The van der Waals surface area contributed by atoms with Gasteiger partial charge >= 0.3 is 0 Å². The van der Waals surface area contributed by atoms with Crippen LogP contribution < -0.4 is 5.32 Å². The molecule has 1 aromatic heterocycles. The highest BCUT2D eigenvalue weighted by Gasteiger charge is 2.35. The first kappa shape index (κ1) is 17.8. The molecule has 1 aliphatic heterocycles. The van der Waals surface area contributed by atoms with E-state index in [1.54, 1.807) is 18.3 Å². The van der Waals surface area contributed by atoms with E-state index in [1.165, 1.54) is 11.0 Å². The van der Waals surface area contributed by atoms with Crippen molar-refractivity contribution in [2.24, 2.45) is 0 Å². The Labute approximate surface area is 152 Å². The molecule has 0 saturated heterocycles. The number of carbonyl (C=O) groups is 3. The van der Waals surface area contributed by atoms with Gasteiger partial charge in [-0.3, -0.25) is 24.3 Å². The topological polar surface area (TPSA) is 79.4 Å². The van der Waals surface area contributed by atoms with Crippen molar-refractivity contribution >= 4 is 17.7 Å². The Morgan fingerprint density at radius 1 is 1.12 bits per heavy atom. The molecule has 1 N–H and O–H groups in total. The van der Waals surface area contributed by atoms with E-state index in [0.717, 1.165) is 18.5 Å². The number of hydrogen-bond acceptors (Lipinski definition) is 4. The predicted octanol–water partition coefficient (Wildman–Crippen LogP) is 2.45. The molecule has 2 heterocycles. The molecule has 2 aromatic rings. The van der Waals surface area contributed by atoms with E-state index < -0.39 is 0 Å². The van der Waals surface area contributed by atoms with E-state index in [4.69, 9.17) is 0 Å². The van der Waals surface area contributed by atoms with Gasteiger partial charge in [-0.1, -0.05) is 19.4 Å². The number of benzene rings is 1. The maximum atomic E-state index is 12.5. The summed E-state index contributed by atoms with van der Waals surface area (Å²) in [5.74, 6) is -0.863. The van der Waals surface area contributed by atoms with Crippen molar-refractivity contribution < 1.29 is 14.4 Å². The summed E-state index contributed by atoms with van der Waals surface area (Å²) in [4.78, 5) is 42.6. The lowest BCUT2D eigenvalue weighted by Crippen LogP contribution is -2.30. The molecule has 6 nitrogen and oxygen atoms in total. The van der Waals surface area contributed by atoms with Crippen LogP contribution in [0.4, 0.5) is 0 Å². The van der Waals surface area contributed by atoms with E-state index in [-0.39, 0.29) is 17.7 Å². The summed E-state index contributed by atoms with van der Waals surface area (Å²) in [6.07, 6.45) is 4.01. The first-order valence-corrected chi connectivity index (χ1v) is 8.80. The van der Waals surface area contributed by atoms with Gasteiger partial charge < -0.3 is 5.32 Å². The standard InChI is InChI=1S/C20H21N3O3/c1-2-3-12-23-19(25)16-8-7-14(13-17(16)20(23)26)18(24)22-11-9-15-6-4-5-10-21-15/h4-8,10,13H,2-3,9,11-12H2,1H3,(H,22,24). The molecule has 134 valence electrons. The molecule has 26 heavy (non-hydrogen) atoms. The van der Waals surface area contributed by atoms with Crippen molar-refractivity contribution in [3.8, 4) is 0 Å². The number of imide groups is 1. The highest BCUT2D eigenvalue weighted by Crippen LogP contribution is 2.24. The number of nitrogens with one attached hydrogen (secondary N) is 1. The predicted molar refractivity (Wildman–Crippen MR) is 97.0 cm³/mol. The number of amides is 3. The molecular weight excluding hydrogens is 330 g/mol. The van der Waals surface area contributed by atoms with Gasteiger partial charge in [-0.25, -0.2) is 0 Å². The molecule has 0 radical (unpaired) electrons. The third kappa shape index (κ3) is 3.64. The van der Waals surface area contributed by atoms with E-state index in [1.807, 2.05) is 25.1 Å². The number of aromatic nitrogens is 1. The Morgan fingerprint density at radius 3 is 2.65 bits per heavy atom. The summed E-state index contributed by atoms with van der Waals surface area (Å²) < 4.78 is 0. The van der Waals surface area contributed by atoms with Crippen molar-refractivity contribution in [3.63, 3.8) is 0 Å². The summed E-state index contributed by atoms with van der Waals surface area (Å²) in [5, 5.41) is 2.82. The first-order valence-electron chi connectivity index (χ1n) is 8.80. The van der Waals surface area contributed by atoms with E-state index >= 15 is 0 Å². The number of hydrogen-bond donors (Lipinski definition) is 1. The van der Waals surface area contributed by atoms with Gasteiger partial charge in [0.2, 0.25) is 0 Å². The molecular formula is C20H21N3O3. The lowest BCUT2D eigenvalue weighted by molar-refractivity contribution is 0.0652. The highest BCUT2D eigenvalue weighted by molar-refractivity contribution is 6.22. The average molecular weight is 351 g/mol. The Bertz CT molecular complexity index is 833. The van der Waals surface area contributed by atoms with Crippen LogP contribution in [0.3, 0.4) is 0 Å². The van der Waals surface area contributed by atoms with E-state index in [0.29, 0.717) is 36.2 Å². The van der Waals surface area contributed by atoms with Crippen LogP contribution in [0.2, 0.25) is 0 Å². The maximum absolute atomic E-state index is 12.5. The third-order valence-electron chi connectivity index (χ3n) is 4.36. The zero-order chi connectivity index (χ0) is 18.5. The Balaban J connectivity index is 1.66.